The Bertz CT molecular complexity index is 629. The molecule has 2 aliphatic carbocycles. The number of aromatic hydroxyl groups is 2. The predicted octanol–water partition coefficient (Wildman–Crippen LogP) is 5.44. The maximum atomic E-state index is 10.2. The standard InChI is InChI=1S/C21H30O2/c1-14-6-9-19-20(2,3)10-5-11-21(19,4)17(14)13-15-12-16(22)7-8-18(15)23/h6-8,12,17,19,22-23H,5,9-11,13H2,1-4H3/t17-,19-,21+/m0/s1. The van der Waals surface area contributed by atoms with E-state index in [0.717, 1.165) is 12.0 Å². The zero-order valence-electron chi connectivity index (χ0n) is 14.9. The van der Waals surface area contributed by atoms with Crippen molar-refractivity contribution in [3.63, 3.8) is 0 Å². The van der Waals surface area contributed by atoms with E-state index in [9.17, 15) is 10.2 Å². The summed E-state index contributed by atoms with van der Waals surface area (Å²) in [6, 6.07) is 4.89. The van der Waals surface area contributed by atoms with Gasteiger partial charge in [-0.2, -0.15) is 0 Å². The van der Waals surface area contributed by atoms with E-state index in [1.54, 1.807) is 18.2 Å². The summed E-state index contributed by atoms with van der Waals surface area (Å²) in [5, 5.41) is 20.0. The molecule has 1 saturated carbocycles. The Morgan fingerprint density at radius 2 is 1.87 bits per heavy atom. The molecule has 0 unspecified atom stereocenters. The number of fused-ring (bicyclic) bond motifs is 1. The summed E-state index contributed by atoms with van der Waals surface area (Å²) >= 11 is 0. The van der Waals surface area contributed by atoms with Gasteiger partial charge in [0.15, 0.2) is 0 Å². The molecule has 2 nitrogen and oxygen atoms in total. The van der Waals surface area contributed by atoms with Crippen molar-refractivity contribution < 1.29 is 10.2 Å². The molecule has 23 heavy (non-hydrogen) atoms. The summed E-state index contributed by atoms with van der Waals surface area (Å²) in [6.45, 7) is 9.55. The van der Waals surface area contributed by atoms with Gasteiger partial charge in [-0.1, -0.05) is 38.8 Å². The lowest BCUT2D eigenvalue weighted by Gasteiger charge is -2.57. The highest BCUT2D eigenvalue weighted by molar-refractivity contribution is 5.40. The number of phenolic OH excluding ortho intramolecular Hbond substituents is 2. The van der Waals surface area contributed by atoms with Crippen LogP contribution >= 0.6 is 0 Å². The third-order valence-corrected chi connectivity index (χ3v) is 6.78. The highest BCUT2D eigenvalue weighted by Crippen LogP contribution is 2.60. The Kier molecular flexibility index (Phi) is 3.98. The predicted molar refractivity (Wildman–Crippen MR) is 94.6 cm³/mol. The third kappa shape index (κ3) is 2.77. The summed E-state index contributed by atoms with van der Waals surface area (Å²) in [5.41, 5.74) is 2.97. The minimum atomic E-state index is 0.237. The van der Waals surface area contributed by atoms with Crippen LogP contribution in [0.2, 0.25) is 0 Å². The van der Waals surface area contributed by atoms with E-state index in [4.69, 9.17) is 0 Å². The Hall–Kier alpha value is -1.44. The van der Waals surface area contributed by atoms with Gasteiger partial charge in [-0.3, -0.25) is 0 Å². The van der Waals surface area contributed by atoms with E-state index in [1.807, 2.05) is 0 Å². The lowest BCUT2D eigenvalue weighted by atomic mass is 9.48. The fourth-order valence-corrected chi connectivity index (χ4v) is 5.49. The van der Waals surface area contributed by atoms with Crippen molar-refractivity contribution in [3.05, 3.63) is 35.4 Å². The molecule has 0 bridgehead atoms. The van der Waals surface area contributed by atoms with E-state index in [2.05, 4.69) is 33.8 Å². The molecular weight excluding hydrogens is 284 g/mol. The number of allylic oxidation sites excluding steroid dienone is 2. The van der Waals surface area contributed by atoms with Crippen molar-refractivity contribution in [2.75, 3.05) is 0 Å². The van der Waals surface area contributed by atoms with Crippen LogP contribution in [-0.2, 0) is 6.42 Å². The number of rotatable bonds is 2. The molecular formula is C21H30O2. The summed E-state index contributed by atoms with van der Waals surface area (Å²) in [5.74, 6) is 1.67. The van der Waals surface area contributed by atoms with Crippen LogP contribution in [0.4, 0.5) is 0 Å². The average molecular weight is 314 g/mol. The molecule has 0 saturated heterocycles. The summed E-state index contributed by atoms with van der Waals surface area (Å²) in [6.07, 6.45) is 8.27. The summed E-state index contributed by atoms with van der Waals surface area (Å²) in [7, 11) is 0. The van der Waals surface area contributed by atoms with Crippen molar-refractivity contribution in [3.8, 4) is 11.5 Å². The van der Waals surface area contributed by atoms with Gasteiger partial charge in [-0.25, -0.2) is 0 Å². The van der Waals surface area contributed by atoms with Crippen LogP contribution < -0.4 is 0 Å². The zero-order chi connectivity index (χ0) is 16.8. The Morgan fingerprint density at radius 1 is 1.13 bits per heavy atom. The van der Waals surface area contributed by atoms with Crippen LogP contribution in [0.3, 0.4) is 0 Å². The van der Waals surface area contributed by atoms with Gasteiger partial charge in [0.05, 0.1) is 0 Å². The van der Waals surface area contributed by atoms with Gasteiger partial charge in [-0.15, -0.1) is 0 Å². The molecule has 3 atom stereocenters. The Balaban J connectivity index is 1.98. The van der Waals surface area contributed by atoms with Crippen molar-refractivity contribution >= 4 is 0 Å². The molecule has 0 aliphatic heterocycles. The van der Waals surface area contributed by atoms with Crippen molar-refractivity contribution in [2.24, 2.45) is 22.7 Å². The highest BCUT2D eigenvalue weighted by atomic mass is 16.3. The van der Waals surface area contributed by atoms with Crippen molar-refractivity contribution in [1.29, 1.82) is 0 Å². The molecule has 2 heteroatoms. The zero-order valence-corrected chi connectivity index (χ0v) is 14.9. The molecule has 1 aromatic rings. The first kappa shape index (κ1) is 16.4. The van der Waals surface area contributed by atoms with Crippen molar-refractivity contribution in [2.45, 2.75) is 59.8 Å². The molecule has 0 spiro atoms. The summed E-state index contributed by atoms with van der Waals surface area (Å²) < 4.78 is 0. The Labute approximate surface area is 140 Å². The lowest BCUT2D eigenvalue weighted by Crippen LogP contribution is -2.49. The molecule has 2 aliphatic rings. The Morgan fingerprint density at radius 3 is 2.61 bits per heavy atom. The second-order valence-corrected chi connectivity index (χ2v) is 8.65. The summed E-state index contributed by atoms with van der Waals surface area (Å²) in [4.78, 5) is 0. The van der Waals surface area contributed by atoms with Gasteiger partial charge >= 0.3 is 0 Å². The van der Waals surface area contributed by atoms with E-state index in [-0.39, 0.29) is 11.2 Å². The first-order valence-corrected chi connectivity index (χ1v) is 8.91. The molecule has 1 aromatic carbocycles. The largest absolute Gasteiger partial charge is 0.508 e. The van der Waals surface area contributed by atoms with E-state index < -0.39 is 0 Å². The van der Waals surface area contributed by atoms with E-state index in [1.165, 1.54) is 31.3 Å². The minimum absolute atomic E-state index is 0.237. The van der Waals surface area contributed by atoms with Crippen LogP contribution in [0, 0.1) is 22.7 Å². The number of hydrogen-bond donors (Lipinski definition) is 2. The van der Waals surface area contributed by atoms with Gasteiger partial charge in [-0.05, 0) is 79.0 Å². The minimum Gasteiger partial charge on any atom is -0.508 e. The quantitative estimate of drug-likeness (QED) is 0.564. The van der Waals surface area contributed by atoms with E-state index in [0.29, 0.717) is 23.0 Å². The molecule has 0 amide bonds. The number of phenols is 2. The smallest absolute Gasteiger partial charge is 0.119 e. The maximum Gasteiger partial charge on any atom is 0.119 e. The van der Waals surface area contributed by atoms with Gasteiger partial charge < -0.3 is 10.2 Å². The number of benzene rings is 1. The third-order valence-electron chi connectivity index (χ3n) is 6.78. The molecule has 2 N–H and O–H groups in total. The molecule has 0 radical (unpaired) electrons. The van der Waals surface area contributed by atoms with Crippen LogP contribution in [0.25, 0.3) is 0 Å². The fourth-order valence-electron chi connectivity index (χ4n) is 5.49. The number of hydrogen-bond acceptors (Lipinski definition) is 2. The second-order valence-electron chi connectivity index (χ2n) is 8.65. The normalized spacial score (nSPS) is 33.0. The molecule has 1 fully saturated rings. The monoisotopic (exact) mass is 314 g/mol. The highest BCUT2D eigenvalue weighted by Gasteiger charge is 2.51. The fraction of sp³-hybridized carbons (Fsp3) is 0.619. The molecule has 126 valence electrons. The molecule has 3 rings (SSSR count). The molecule has 0 aromatic heterocycles. The molecule has 0 heterocycles. The van der Waals surface area contributed by atoms with Crippen LogP contribution in [0.15, 0.2) is 29.8 Å². The van der Waals surface area contributed by atoms with Gasteiger partial charge in [0.1, 0.15) is 11.5 Å². The topological polar surface area (TPSA) is 40.5 Å². The second kappa shape index (κ2) is 5.58. The van der Waals surface area contributed by atoms with E-state index >= 15 is 0 Å². The van der Waals surface area contributed by atoms with Crippen LogP contribution in [0.5, 0.6) is 11.5 Å². The first-order chi connectivity index (χ1) is 10.7. The average Bonchev–Trinajstić information content (AvgIpc) is 2.45. The van der Waals surface area contributed by atoms with Gasteiger partial charge in [0, 0.05) is 0 Å². The van der Waals surface area contributed by atoms with Gasteiger partial charge in [0.2, 0.25) is 0 Å². The lowest BCUT2D eigenvalue weighted by molar-refractivity contribution is -0.0369. The van der Waals surface area contributed by atoms with Crippen molar-refractivity contribution in [1.82, 2.24) is 0 Å². The maximum absolute atomic E-state index is 10.2. The SMILES string of the molecule is CC1=CC[C@H]2C(C)(C)CCC[C@]2(C)[C@H]1Cc1cc(O)ccc1O. The van der Waals surface area contributed by atoms with Gasteiger partial charge in [0.25, 0.3) is 0 Å². The van der Waals surface area contributed by atoms with Crippen LogP contribution in [0.1, 0.15) is 58.9 Å². The first-order valence-electron chi connectivity index (χ1n) is 8.91. The van der Waals surface area contributed by atoms with Crippen LogP contribution in [-0.4, -0.2) is 10.2 Å².